The van der Waals surface area contributed by atoms with Crippen molar-refractivity contribution in [3.63, 3.8) is 0 Å². The van der Waals surface area contributed by atoms with Gasteiger partial charge in [-0.15, -0.1) is 0 Å². The molecule has 0 saturated heterocycles. The van der Waals surface area contributed by atoms with Gasteiger partial charge in [0.25, 0.3) is 0 Å². The molecule has 4 nitrogen and oxygen atoms in total. The zero-order chi connectivity index (χ0) is 29.4. The second kappa shape index (κ2) is 9.46. The first kappa shape index (κ1) is 28.4. The van der Waals surface area contributed by atoms with E-state index in [1.165, 1.54) is 12.5 Å². The molecule has 0 saturated carbocycles. The Bertz CT molecular complexity index is 1530. The second-order valence-corrected chi connectivity index (χ2v) is 13.7. The average Bonchev–Trinajstić information content (AvgIpc) is 2.85. The normalized spacial score (nSPS) is 29.9. The number of hydrogen-bond acceptors (Lipinski definition) is 4. The Morgan fingerprint density at radius 2 is 1.62 bits per heavy atom. The summed E-state index contributed by atoms with van der Waals surface area (Å²) >= 11 is 0. The van der Waals surface area contributed by atoms with Gasteiger partial charge in [0.05, 0.1) is 11.0 Å². The van der Waals surface area contributed by atoms with Crippen LogP contribution in [0.5, 0.6) is 0 Å². The van der Waals surface area contributed by atoms with Gasteiger partial charge in [0, 0.05) is 23.0 Å². The number of Topliss-reactive ketones (excluding diaryl/α,β-unsaturated/α-hetero) is 4. The van der Waals surface area contributed by atoms with Crippen LogP contribution in [0.2, 0.25) is 0 Å². The number of carbonyl (C=O) groups excluding carboxylic acids is 4. The summed E-state index contributed by atoms with van der Waals surface area (Å²) in [6.45, 7) is 15.7. The molecule has 0 radical (unpaired) electrons. The Balaban J connectivity index is 1.56. The van der Waals surface area contributed by atoms with Crippen LogP contribution in [0.1, 0.15) is 108 Å². The predicted octanol–water partition coefficient (Wildman–Crippen LogP) is 7.52. The van der Waals surface area contributed by atoms with E-state index in [9.17, 15) is 19.2 Å². The highest BCUT2D eigenvalue weighted by atomic mass is 16.2. The average molecular weight is 539 g/mol. The molecule has 40 heavy (non-hydrogen) atoms. The van der Waals surface area contributed by atoms with Crippen LogP contribution >= 0.6 is 0 Å². The summed E-state index contributed by atoms with van der Waals surface area (Å²) in [6.07, 6.45) is 8.84. The maximum absolute atomic E-state index is 14.4. The molecule has 0 fully saturated rings. The van der Waals surface area contributed by atoms with Crippen molar-refractivity contribution in [2.75, 3.05) is 0 Å². The fraction of sp³-hybridized carbons (Fsp3) is 0.500. The summed E-state index contributed by atoms with van der Waals surface area (Å²) in [4.78, 5) is 54.1. The molecule has 5 rings (SSSR count). The molecule has 1 aromatic rings. The molecular weight excluding hydrogens is 496 g/mol. The SMILES string of the molecule is CC(=O)C1=C(C)CC2(C)CC3(C)Cc4c(CCC(=O)C5=CCC(C)=CC5)ccc(C)c4C(=O)C3=C(C)C2(C)C1=O. The van der Waals surface area contributed by atoms with Crippen LogP contribution in [0.4, 0.5) is 0 Å². The van der Waals surface area contributed by atoms with Gasteiger partial charge in [-0.2, -0.15) is 0 Å². The van der Waals surface area contributed by atoms with Crippen molar-refractivity contribution in [3.05, 3.63) is 80.0 Å². The molecular formula is C36H42O4. The maximum Gasteiger partial charge on any atom is 0.190 e. The largest absolute Gasteiger partial charge is 0.295 e. The highest BCUT2D eigenvalue weighted by molar-refractivity contribution is 6.24. The van der Waals surface area contributed by atoms with Crippen LogP contribution in [0.15, 0.2) is 57.7 Å². The summed E-state index contributed by atoms with van der Waals surface area (Å²) in [5.41, 5.74) is 7.00. The Labute approximate surface area is 238 Å². The zero-order valence-electron chi connectivity index (χ0n) is 25.4. The highest BCUT2D eigenvalue weighted by Gasteiger charge is 2.63. The van der Waals surface area contributed by atoms with Gasteiger partial charge in [0.1, 0.15) is 0 Å². The number of rotatable bonds is 5. The second-order valence-electron chi connectivity index (χ2n) is 13.7. The van der Waals surface area contributed by atoms with Gasteiger partial charge in [0.2, 0.25) is 0 Å². The van der Waals surface area contributed by atoms with E-state index in [0.29, 0.717) is 44.1 Å². The Morgan fingerprint density at radius 1 is 0.925 bits per heavy atom. The number of ketones is 4. The van der Waals surface area contributed by atoms with E-state index in [-0.39, 0.29) is 23.1 Å². The van der Waals surface area contributed by atoms with Crippen molar-refractivity contribution >= 4 is 23.1 Å². The van der Waals surface area contributed by atoms with Gasteiger partial charge in [-0.1, -0.05) is 54.9 Å². The molecule has 4 aliphatic carbocycles. The number of aryl methyl sites for hydroxylation is 2. The van der Waals surface area contributed by atoms with E-state index in [1.54, 1.807) is 0 Å². The lowest BCUT2D eigenvalue weighted by molar-refractivity contribution is -0.134. The molecule has 0 spiro atoms. The summed E-state index contributed by atoms with van der Waals surface area (Å²) in [5, 5.41) is 0. The summed E-state index contributed by atoms with van der Waals surface area (Å²) in [6, 6.07) is 4.10. The van der Waals surface area contributed by atoms with Crippen LogP contribution in [-0.4, -0.2) is 23.1 Å². The standard InChI is InChI=1S/C36H42O4/c1-20-9-12-26(13-10-20)28(38)16-15-25-14-11-21(2)30-27(25)18-34(6)19-35(7)17-22(3)29(24(5)37)33(40)36(35,8)23(4)31(34)32(30)39/h9,11,13-14H,10,12,15-19H2,1-8H3. The molecule has 3 unspecified atom stereocenters. The fourth-order valence-corrected chi connectivity index (χ4v) is 8.59. The third-order valence-electron chi connectivity index (χ3n) is 10.8. The van der Waals surface area contributed by atoms with E-state index in [0.717, 1.165) is 51.0 Å². The molecule has 0 aliphatic heterocycles. The molecule has 0 N–H and O–H groups in total. The molecule has 0 heterocycles. The van der Waals surface area contributed by atoms with Gasteiger partial charge >= 0.3 is 0 Å². The quantitative estimate of drug-likeness (QED) is 0.287. The number of allylic oxidation sites excluding steroid dienone is 8. The lowest BCUT2D eigenvalue weighted by Gasteiger charge is -2.59. The van der Waals surface area contributed by atoms with E-state index < -0.39 is 16.2 Å². The minimum Gasteiger partial charge on any atom is -0.295 e. The monoisotopic (exact) mass is 538 g/mol. The Morgan fingerprint density at radius 3 is 2.25 bits per heavy atom. The van der Waals surface area contributed by atoms with Crippen molar-refractivity contribution in [1.29, 1.82) is 0 Å². The third kappa shape index (κ3) is 4.01. The van der Waals surface area contributed by atoms with Crippen molar-refractivity contribution in [2.45, 2.75) is 100 Å². The first-order chi connectivity index (χ1) is 18.6. The van der Waals surface area contributed by atoms with Crippen molar-refractivity contribution in [1.82, 2.24) is 0 Å². The number of carbonyl (C=O) groups is 4. The molecule has 3 atom stereocenters. The van der Waals surface area contributed by atoms with Crippen LogP contribution in [-0.2, 0) is 27.2 Å². The van der Waals surface area contributed by atoms with E-state index in [1.807, 2.05) is 33.8 Å². The lowest BCUT2D eigenvalue weighted by atomic mass is 9.42. The maximum atomic E-state index is 14.4. The zero-order valence-corrected chi connectivity index (χ0v) is 25.4. The summed E-state index contributed by atoms with van der Waals surface area (Å²) < 4.78 is 0. The lowest BCUT2D eigenvalue weighted by Crippen LogP contribution is -2.57. The fourth-order valence-electron chi connectivity index (χ4n) is 8.59. The smallest absolute Gasteiger partial charge is 0.190 e. The van der Waals surface area contributed by atoms with Crippen molar-refractivity contribution in [2.24, 2.45) is 16.2 Å². The Kier molecular flexibility index (Phi) is 6.72. The number of hydrogen-bond donors (Lipinski definition) is 0. The highest BCUT2D eigenvalue weighted by Crippen LogP contribution is 2.66. The topological polar surface area (TPSA) is 68.3 Å². The predicted molar refractivity (Wildman–Crippen MR) is 158 cm³/mol. The van der Waals surface area contributed by atoms with Gasteiger partial charge in [-0.05, 0) is 108 Å². The molecule has 0 aromatic heterocycles. The van der Waals surface area contributed by atoms with Crippen LogP contribution in [0.3, 0.4) is 0 Å². The molecule has 1 aromatic carbocycles. The number of fused-ring (bicyclic) bond motifs is 3. The van der Waals surface area contributed by atoms with E-state index in [4.69, 9.17) is 0 Å². The van der Waals surface area contributed by atoms with Crippen molar-refractivity contribution < 1.29 is 19.2 Å². The van der Waals surface area contributed by atoms with Gasteiger partial charge < -0.3 is 0 Å². The molecule has 210 valence electrons. The summed E-state index contributed by atoms with van der Waals surface area (Å²) in [5.74, 6) is -0.132. The molecule has 0 amide bonds. The summed E-state index contributed by atoms with van der Waals surface area (Å²) in [7, 11) is 0. The molecule has 4 aliphatic rings. The molecule has 0 bridgehead atoms. The first-order valence-electron chi connectivity index (χ1n) is 14.7. The van der Waals surface area contributed by atoms with Gasteiger partial charge in [0.15, 0.2) is 23.1 Å². The first-order valence-corrected chi connectivity index (χ1v) is 14.7. The van der Waals surface area contributed by atoms with Gasteiger partial charge in [-0.25, -0.2) is 0 Å². The minimum atomic E-state index is -0.909. The van der Waals surface area contributed by atoms with Gasteiger partial charge in [-0.3, -0.25) is 19.2 Å². The van der Waals surface area contributed by atoms with E-state index >= 15 is 0 Å². The number of benzene rings is 1. The third-order valence-corrected chi connectivity index (χ3v) is 10.8. The van der Waals surface area contributed by atoms with Crippen molar-refractivity contribution in [3.8, 4) is 0 Å². The van der Waals surface area contributed by atoms with Crippen LogP contribution in [0.25, 0.3) is 0 Å². The molecule has 4 heteroatoms. The van der Waals surface area contributed by atoms with E-state index in [2.05, 4.69) is 39.0 Å². The van der Waals surface area contributed by atoms with Crippen LogP contribution in [0, 0.1) is 23.2 Å². The Hall–Kier alpha value is -3.14. The minimum absolute atomic E-state index is 0.00857. The van der Waals surface area contributed by atoms with Crippen LogP contribution < -0.4 is 0 Å².